The molecule has 3 rings (SSSR count). The Morgan fingerprint density at radius 2 is 2.05 bits per heavy atom. The highest BCUT2D eigenvalue weighted by Crippen LogP contribution is 2.25. The topological polar surface area (TPSA) is 114 Å². The number of carbonyl (C=O) groups is 2. The lowest BCUT2D eigenvalue weighted by Gasteiger charge is -2.02. The summed E-state index contributed by atoms with van der Waals surface area (Å²) in [5.74, 6) is -0.229. The fourth-order valence-corrected chi connectivity index (χ4v) is 2.21. The third-order valence-electron chi connectivity index (χ3n) is 3.00. The fourth-order valence-electron chi connectivity index (χ4n) is 2.21. The zero-order valence-electron chi connectivity index (χ0n) is 9.84. The Hall–Kier alpha value is -2.28. The van der Waals surface area contributed by atoms with E-state index in [-0.39, 0.29) is 30.2 Å². The quantitative estimate of drug-likeness (QED) is 0.306. The number of H-pyrrole nitrogens is 1. The Labute approximate surface area is 114 Å². The molecule has 100 valence electrons. The molecule has 0 bridgehead atoms. The molecule has 0 aromatic carbocycles. The maximum atomic E-state index is 11.8. The van der Waals surface area contributed by atoms with Crippen LogP contribution in [0.25, 0.3) is 5.57 Å². The molecule has 2 aliphatic rings. The second-order valence-electron chi connectivity index (χ2n) is 4.12. The molecule has 1 aromatic heterocycles. The Morgan fingerprint density at radius 3 is 2.74 bits per heavy atom. The predicted molar refractivity (Wildman–Crippen MR) is 63.0 cm³/mol. The van der Waals surface area contributed by atoms with E-state index in [1.165, 1.54) is 0 Å². The van der Waals surface area contributed by atoms with E-state index in [0.29, 0.717) is 24.4 Å². The van der Waals surface area contributed by atoms with Gasteiger partial charge in [-0.15, -0.1) is 0 Å². The van der Waals surface area contributed by atoms with Crippen molar-refractivity contribution in [2.24, 2.45) is 5.73 Å². The predicted octanol–water partition coefficient (Wildman–Crippen LogP) is -5.61. The number of amides is 2. The van der Waals surface area contributed by atoms with Gasteiger partial charge in [-0.3, -0.25) is 10.5 Å². The summed E-state index contributed by atoms with van der Waals surface area (Å²) in [6, 6.07) is 1.78. The first-order chi connectivity index (χ1) is 8.66. The average Bonchev–Trinajstić information content (AvgIpc) is 2.88. The molecule has 0 unspecified atom stereocenters. The summed E-state index contributed by atoms with van der Waals surface area (Å²) in [6.07, 6.45) is 2.25. The molecule has 6 N–H and O–H groups in total. The third-order valence-corrected chi connectivity index (χ3v) is 3.00. The molecule has 19 heavy (non-hydrogen) atoms. The van der Waals surface area contributed by atoms with Gasteiger partial charge in [0, 0.05) is 23.9 Å². The molecule has 0 aliphatic carbocycles. The van der Waals surface area contributed by atoms with Crippen LogP contribution in [0.1, 0.15) is 22.5 Å². The number of nitrogens with one attached hydrogen (secondary N) is 4. The number of aromatic nitrogens is 1. The van der Waals surface area contributed by atoms with Gasteiger partial charge in [0.1, 0.15) is 5.69 Å². The molecule has 1 aromatic rings. The van der Waals surface area contributed by atoms with Crippen LogP contribution in [0.2, 0.25) is 0 Å². The van der Waals surface area contributed by atoms with Crippen LogP contribution in [-0.4, -0.2) is 29.3 Å². The largest absolute Gasteiger partial charge is 1.00 e. The molecule has 2 amide bonds. The van der Waals surface area contributed by atoms with Crippen LogP contribution < -0.4 is 33.8 Å². The van der Waals surface area contributed by atoms with E-state index < -0.39 is 0 Å². The summed E-state index contributed by atoms with van der Waals surface area (Å²) in [5, 5.41) is 5.25. The number of rotatable bonds is 0. The normalized spacial score (nSPS) is 21.8. The minimum absolute atomic E-state index is 0. The van der Waals surface area contributed by atoms with Gasteiger partial charge in [-0.2, -0.15) is 0 Å². The maximum absolute atomic E-state index is 11.8. The van der Waals surface area contributed by atoms with Crippen LogP contribution in [0.3, 0.4) is 0 Å². The second-order valence-corrected chi connectivity index (χ2v) is 4.12. The maximum Gasteiger partial charge on any atom is 0.353 e. The monoisotopic (exact) mass is 281 g/mol. The highest BCUT2D eigenvalue weighted by Gasteiger charge is 2.31. The van der Waals surface area contributed by atoms with Crippen LogP contribution in [0.15, 0.2) is 18.0 Å². The van der Waals surface area contributed by atoms with E-state index in [1.54, 1.807) is 12.3 Å². The van der Waals surface area contributed by atoms with Crippen molar-refractivity contribution in [3.63, 3.8) is 0 Å². The first-order valence-corrected chi connectivity index (χ1v) is 5.56. The number of halogens is 1. The molecule has 3 heterocycles. The van der Waals surface area contributed by atoms with Crippen molar-refractivity contribution in [1.82, 2.24) is 15.6 Å². The molecule has 0 radical (unpaired) electrons. The number of guanidine groups is 1. The standard InChI is InChI=1S/C11H11N5O2.ClH/c12-11-15-8(10(18)16-11)6-2-4-14-9(17)7-5(6)1-3-13-7;/h1,3,13H,2,4H2,(H,14,17)(H3,12,15,16,18);1H/b8-6-;. The molecular weight excluding hydrogens is 270 g/mol. The first-order valence-electron chi connectivity index (χ1n) is 5.56. The number of hydrogen-bond acceptors (Lipinski definition) is 3. The van der Waals surface area contributed by atoms with Crippen molar-refractivity contribution in [3.05, 3.63) is 29.2 Å². The number of fused-ring (bicyclic) bond motifs is 1. The van der Waals surface area contributed by atoms with Gasteiger partial charge in [-0.1, -0.05) is 0 Å². The zero-order valence-corrected chi connectivity index (χ0v) is 10.6. The smallest absolute Gasteiger partial charge is 0.353 e. The van der Waals surface area contributed by atoms with Gasteiger partial charge in [0.2, 0.25) is 0 Å². The van der Waals surface area contributed by atoms with E-state index in [4.69, 9.17) is 5.73 Å². The summed E-state index contributed by atoms with van der Waals surface area (Å²) >= 11 is 0. The van der Waals surface area contributed by atoms with Crippen LogP contribution in [0.5, 0.6) is 0 Å². The molecule has 0 saturated heterocycles. The summed E-state index contributed by atoms with van der Waals surface area (Å²) < 4.78 is 0. The van der Waals surface area contributed by atoms with Crippen molar-refractivity contribution < 1.29 is 27.0 Å². The van der Waals surface area contributed by atoms with Gasteiger partial charge in [-0.25, -0.2) is 15.1 Å². The summed E-state index contributed by atoms with van der Waals surface area (Å²) in [5.41, 5.74) is 7.92. The molecule has 8 heteroatoms. The number of nitrogens with two attached hydrogens (primary N) is 1. The van der Waals surface area contributed by atoms with E-state index in [0.717, 1.165) is 11.1 Å². The van der Waals surface area contributed by atoms with Crippen LogP contribution in [-0.2, 0) is 4.79 Å². The van der Waals surface area contributed by atoms with E-state index in [9.17, 15) is 9.59 Å². The van der Waals surface area contributed by atoms with Gasteiger partial charge >= 0.3 is 11.9 Å². The molecule has 0 fully saturated rings. The zero-order chi connectivity index (χ0) is 12.7. The lowest BCUT2D eigenvalue weighted by atomic mass is 10.0. The average molecular weight is 282 g/mol. The highest BCUT2D eigenvalue weighted by molar-refractivity contribution is 6.11. The SMILES string of the molecule is NC1=[NH+]/C(=C2/CCNC(=O)c3[nH]ccc32)C(=O)N1.[Cl-]. The summed E-state index contributed by atoms with van der Waals surface area (Å²) in [7, 11) is 0. The molecule has 2 aliphatic heterocycles. The van der Waals surface area contributed by atoms with Crippen molar-refractivity contribution >= 4 is 23.3 Å². The van der Waals surface area contributed by atoms with E-state index >= 15 is 0 Å². The Balaban J connectivity index is 0.00000133. The highest BCUT2D eigenvalue weighted by atomic mass is 35.5. The second kappa shape index (κ2) is 4.77. The number of aromatic amines is 1. The molecule has 0 saturated carbocycles. The number of hydrogen-bond donors (Lipinski definition) is 5. The molecular formula is C11H12ClN5O2. The van der Waals surface area contributed by atoms with Crippen LogP contribution in [0, 0.1) is 0 Å². The summed E-state index contributed by atoms with van der Waals surface area (Å²) in [6.45, 7) is 0.481. The lowest BCUT2D eigenvalue weighted by molar-refractivity contribution is -0.385. The lowest BCUT2D eigenvalue weighted by Crippen LogP contribution is -3.00. The van der Waals surface area contributed by atoms with Gasteiger partial charge < -0.3 is 22.7 Å². The first kappa shape index (κ1) is 13.2. The van der Waals surface area contributed by atoms with Gasteiger partial charge in [0.15, 0.2) is 5.70 Å². The van der Waals surface area contributed by atoms with Gasteiger partial charge in [-0.05, 0) is 12.5 Å². The minimum Gasteiger partial charge on any atom is -1.00 e. The molecule has 0 atom stereocenters. The van der Waals surface area contributed by atoms with Crippen molar-refractivity contribution in [2.75, 3.05) is 6.54 Å². The minimum atomic E-state index is -0.274. The van der Waals surface area contributed by atoms with Crippen LogP contribution >= 0.6 is 0 Å². The molecule has 0 spiro atoms. The van der Waals surface area contributed by atoms with E-state index in [1.807, 2.05) is 0 Å². The van der Waals surface area contributed by atoms with Crippen molar-refractivity contribution in [2.45, 2.75) is 6.42 Å². The van der Waals surface area contributed by atoms with Gasteiger partial charge in [0.05, 0.1) is 0 Å². The van der Waals surface area contributed by atoms with Gasteiger partial charge in [0.25, 0.3) is 5.91 Å². The summed E-state index contributed by atoms with van der Waals surface area (Å²) in [4.78, 5) is 29.2. The van der Waals surface area contributed by atoms with Crippen molar-refractivity contribution in [3.8, 4) is 0 Å². The van der Waals surface area contributed by atoms with Crippen LogP contribution in [0.4, 0.5) is 0 Å². The number of carbonyl (C=O) groups excluding carboxylic acids is 2. The molecule has 7 nitrogen and oxygen atoms in total. The van der Waals surface area contributed by atoms with E-state index in [2.05, 4.69) is 20.6 Å². The third kappa shape index (κ3) is 2.08. The van der Waals surface area contributed by atoms with Crippen molar-refractivity contribution in [1.29, 1.82) is 0 Å². The Kier molecular flexibility index (Phi) is 3.30. The fraction of sp³-hybridized carbons (Fsp3) is 0.182. The Bertz CT molecular complexity index is 616. The Morgan fingerprint density at radius 1 is 1.26 bits per heavy atom.